The van der Waals surface area contributed by atoms with Gasteiger partial charge in [0.05, 0.1) is 17.5 Å². The van der Waals surface area contributed by atoms with Crippen molar-refractivity contribution in [2.45, 2.75) is 85.2 Å². The first-order chi connectivity index (χ1) is 23.9. The summed E-state index contributed by atoms with van der Waals surface area (Å²) < 4.78 is 32.7. The van der Waals surface area contributed by atoms with Gasteiger partial charge in [-0.1, -0.05) is 0 Å². The fraction of sp³-hybridized carbons (Fsp3) is 0.541. The number of anilines is 1. The lowest BCUT2D eigenvalue weighted by Crippen LogP contribution is -2.54. The van der Waals surface area contributed by atoms with E-state index in [4.69, 9.17) is 14.2 Å². The summed E-state index contributed by atoms with van der Waals surface area (Å²) in [7, 11) is 0. The van der Waals surface area contributed by atoms with Crippen molar-refractivity contribution in [2.75, 3.05) is 44.2 Å². The van der Waals surface area contributed by atoms with Crippen LogP contribution in [0.4, 0.5) is 15.0 Å². The first kappa shape index (κ1) is 35.3. The Kier molecular flexibility index (Phi) is 10.4. The average Bonchev–Trinajstić information content (AvgIpc) is 3.47. The Hall–Kier alpha value is -4.52. The maximum atomic E-state index is 14.3. The topological polar surface area (TPSA) is 113 Å². The standard InChI is InChI=1S/C37H48FN7O5/c1-7-45(24(2)3)35(46)28-16-26(38)8-9-31(28)49-33-17-39-23-41-34(33)43-14-11-27(12-15-43)48-32-10-13-40-30-22-42(21-29(30)32)18-25-19-44(20-25)36(47)50-37(4,5)6/h8-10,13,16-17,23-25,27H,7,11-12,14-15,18-22H2,1-6H3. The van der Waals surface area contributed by atoms with E-state index in [2.05, 4.69) is 24.8 Å². The quantitative estimate of drug-likeness (QED) is 0.255. The summed E-state index contributed by atoms with van der Waals surface area (Å²) in [5.74, 6) is 1.73. The highest BCUT2D eigenvalue weighted by atomic mass is 19.1. The van der Waals surface area contributed by atoms with Crippen molar-refractivity contribution in [1.29, 1.82) is 0 Å². The molecule has 2 aromatic heterocycles. The summed E-state index contributed by atoms with van der Waals surface area (Å²) in [6, 6.07) is 5.89. The van der Waals surface area contributed by atoms with E-state index in [0.29, 0.717) is 50.2 Å². The van der Waals surface area contributed by atoms with Crippen molar-refractivity contribution in [2.24, 2.45) is 5.92 Å². The summed E-state index contributed by atoms with van der Waals surface area (Å²) in [5.41, 5.74) is 1.84. The second kappa shape index (κ2) is 14.8. The van der Waals surface area contributed by atoms with Gasteiger partial charge in [-0.25, -0.2) is 19.2 Å². The Morgan fingerprint density at radius 2 is 1.80 bits per heavy atom. The van der Waals surface area contributed by atoms with Gasteiger partial charge in [-0.2, -0.15) is 0 Å². The number of benzene rings is 1. The molecule has 3 aliphatic heterocycles. The number of nitrogens with zero attached hydrogens (tertiary/aromatic N) is 7. The summed E-state index contributed by atoms with van der Waals surface area (Å²) in [6.07, 6.45) is 6.19. The molecule has 1 aromatic carbocycles. The minimum absolute atomic E-state index is 0.0180. The van der Waals surface area contributed by atoms with E-state index in [1.54, 1.807) is 16.0 Å². The number of ether oxygens (including phenoxy) is 3. The normalized spacial score (nSPS) is 17.0. The van der Waals surface area contributed by atoms with Crippen LogP contribution in [-0.4, -0.2) is 98.7 Å². The number of aromatic nitrogens is 3. The zero-order valence-corrected chi connectivity index (χ0v) is 29.9. The molecule has 0 bridgehead atoms. The largest absolute Gasteiger partial charge is 0.490 e. The Bertz CT molecular complexity index is 1680. The van der Waals surface area contributed by atoms with E-state index in [1.165, 1.54) is 24.5 Å². The third kappa shape index (κ3) is 8.09. The highest BCUT2D eigenvalue weighted by Crippen LogP contribution is 2.36. The van der Waals surface area contributed by atoms with Gasteiger partial charge < -0.3 is 28.9 Å². The van der Waals surface area contributed by atoms with E-state index in [9.17, 15) is 14.0 Å². The van der Waals surface area contributed by atoms with E-state index in [1.807, 2.05) is 53.8 Å². The summed E-state index contributed by atoms with van der Waals surface area (Å²) in [6.45, 7) is 17.1. The van der Waals surface area contributed by atoms with Crippen LogP contribution in [0.1, 0.15) is 76.0 Å². The number of piperidine rings is 1. The summed E-state index contributed by atoms with van der Waals surface area (Å²) in [5, 5.41) is 0. The first-order valence-electron chi connectivity index (χ1n) is 17.6. The third-order valence-electron chi connectivity index (χ3n) is 9.29. The van der Waals surface area contributed by atoms with Crippen LogP contribution in [0.5, 0.6) is 17.2 Å². The van der Waals surface area contributed by atoms with Crippen molar-refractivity contribution in [3.63, 3.8) is 0 Å². The smallest absolute Gasteiger partial charge is 0.410 e. The van der Waals surface area contributed by atoms with E-state index in [-0.39, 0.29) is 35.5 Å². The number of fused-ring (bicyclic) bond motifs is 1. The third-order valence-corrected chi connectivity index (χ3v) is 9.29. The molecule has 3 aromatic rings. The number of halogens is 1. The van der Waals surface area contributed by atoms with Gasteiger partial charge in [-0.15, -0.1) is 0 Å². The molecule has 2 fully saturated rings. The zero-order valence-electron chi connectivity index (χ0n) is 29.9. The molecule has 2 saturated heterocycles. The van der Waals surface area contributed by atoms with Crippen LogP contribution in [0.15, 0.2) is 43.0 Å². The van der Waals surface area contributed by atoms with Crippen LogP contribution in [0.2, 0.25) is 0 Å². The minimum atomic E-state index is -0.510. The predicted octanol–water partition coefficient (Wildman–Crippen LogP) is 5.90. The van der Waals surface area contributed by atoms with Crippen LogP contribution in [-0.2, 0) is 17.8 Å². The zero-order chi connectivity index (χ0) is 35.6. The maximum absolute atomic E-state index is 14.3. The number of hydrogen-bond donors (Lipinski definition) is 0. The lowest BCUT2D eigenvalue weighted by Gasteiger charge is -2.41. The van der Waals surface area contributed by atoms with Gasteiger partial charge >= 0.3 is 6.09 Å². The van der Waals surface area contributed by atoms with Crippen molar-refractivity contribution in [3.05, 3.63) is 65.6 Å². The fourth-order valence-corrected chi connectivity index (χ4v) is 6.84. The molecule has 268 valence electrons. The number of likely N-dealkylation sites (tertiary alicyclic amines) is 1. The number of carbonyl (C=O) groups is 2. The van der Waals surface area contributed by atoms with Gasteiger partial charge in [0.15, 0.2) is 11.6 Å². The minimum Gasteiger partial charge on any atom is -0.490 e. The van der Waals surface area contributed by atoms with Crippen molar-refractivity contribution >= 4 is 17.8 Å². The van der Waals surface area contributed by atoms with Crippen LogP contribution >= 0.6 is 0 Å². The van der Waals surface area contributed by atoms with Gasteiger partial charge in [-0.3, -0.25) is 14.7 Å². The molecule has 0 N–H and O–H groups in total. The molecule has 3 aliphatic rings. The average molecular weight is 690 g/mol. The van der Waals surface area contributed by atoms with Gasteiger partial charge in [0.1, 0.15) is 35.3 Å². The van der Waals surface area contributed by atoms with E-state index in [0.717, 1.165) is 49.5 Å². The van der Waals surface area contributed by atoms with Crippen LogP contribution in [0.25, 0.3) is 0 Å². The van der Waals surface area contributed by atoms with Gasteiger partial charge in [0.2, 0.25) is 0 Å². The monoisotopic (exact) mass is 689 g/mol. The van der Waals surface area contributed by atoms with Crippen molar-refractivity contribution in [3.8, 4) is 17.2 Å². The highest BCUT2D eigenvalue weighted by Gasteiger charge is 2.36. The van der Waals surface area contributed by atoms with E-state index >= 15 is 0 Å². The van der Waals surface area contributed by atoms with Crippen molar-refractivity contribution < 1.29 is 28.2 Å². The van der Waals surface area contributed by atoms with Gasteiger partial charge in [-0.05, 0) is 65.8 Å². The van der Waals surface area contributed by atoms with Crippen LogP contribution < -0.4 is 14.4 Å². The SMILES string of the molecule is CCN(C(=O)c1cc(F)ccc1Oc1cncnc1N1CCC(Oc2ccnc3c2CN(CC2CN(C(=O)OC(C)(C)C)C2)C3)CC1)C(C)C. The Morgan fingerprint density at radius 3 is 2.50 bits per heavy atom. The Balaban J connectivity index is 1.05. The molecule has 13 heteroatoms. The molecule has 12 nitrogen and oxygen atoms in total. The molecular formula is C37H48FN7O5. The Morgan fingerprint density at radius 1 is 1.04 bits per heavy atom. The lowest BCUT2D eigenvalue weighted by molar-refractivity contribution is -0.00667. The number of hydrogen-bond acceptors (Lipinski definition) is 10. The van der Waals surface area contributed by atoms with Crippen molar-refractivity contribution in [1.82, 2.24) is 29.7 Å². The molecule has 0 spiro atoms. The predicted molar refractivity (Wildman–Crippen MR) is 186 cm³/mol. The van der Waals surface area contributed by atoms with E-state index < -0.39 is 11.4 Å². The molecule has 0 aliphatic carbocycles. The molecule has 0 saturated carbocycles. The molecule has 50 heavy (non-hydrogen) atoms. The molecule has 0 unspecified atom stereocenters. The number of carbonyl (C=O) groups excluding carboxylic acids is 2. The van der Waals surface area contributed by atoms with Gasteiger partial charge in [0, 0.05) is 88.9 Å². The second-order valence-electron chi connectivity index (χ2n) is 14.6. The highest BCUT2D eigenvalue weighted by molar-refractivity contribution is 5.97. The number of amides is 2. The number of pyridine rings is 1. The second-order valence-corrected chi connectivity index (χ2v) is 14.6. The molecule has 6 rings (SSSR count). The molecule has 2 amide bonds. The van der Waals surface area contributed by atoms with Gasteiger partial charge in [0.25, 0.3) is 5.91 Å². The summed E-state index contributed by atoms with van der Waals surface area (Å²) >= 11 is 0. The molecule has 0 atom stereocenters. The lowest BCUT2D eigenvalue weighted by atomic mass is 10.0. The molecular weight excluding hydrogens is 641 g/mol. The maximum Gasteiger partial charge on any atom is 0.410 e. The molecule has 0 radical (unpaired) electrons. The fourth-order valence-electron chi connectivity index (χ4n) is 6.84. The molecule has 5 heterocycles. The first-order valence-corrected chi connectivity index (χ1v) is 17.6. The van der Waals surface area contributed by atoms with Crippen LogP contribution in [0.3, 0.4) is 0 Å². The number of rotatable bonds is 10. The van der Waals surface area contributed by atoms with Crippen LogP contribution in [0, 0.1) is 11.7 Å². The summed E-state index contributed by atoms with van der Waals surface area (Å²) in [4.78, 5) is 47.0. The Labute approximate surface area is 293 Å².